The lowest BCUT2D eigenvalue weighted by Crippen LogP contribution is -2.37. The molecule has 106 valence electrons. The maximum absolute atomic E-state index is 11.7. The first kappa shape index (κ1) is 16.0. The molecule has 0 heterocycles. The van der Waals surface area contributed by atoms with Crippen LogP contribution in [-0.4, -0.2) is 44.1 Å². The van der Waals surface area contributed by atoms with Gasteiger partial charge in [-0.15, -0.1) is 0 Å². The van der Waals surface area contributed by atoms with Gasteiger partial charge in [0.25, 0.3) is 0 Å². The van der Waals surface area contributed by atoms with Crippen molar-refractivity contribution in [3.63, 3.8) is 0 Å². The van der Waals surface area contributed by atoms with Gasteiger partial charge in [-0.05, 0) is 37.2 Å². The highest BCUT2D eigenvalue weighted by atomic mass is 79.9. The number of nitrogens with zero attached hydrogens (tertiary/aromatic N) is 1. The standard InChI is InChI=1S/C14H21BrN2O2/c1-3-8-16-11-14(18)17(2)9-10-19-13-6-4-12(15)5-7-13/h4-7,16H,3,8-11H2,1-2H3. The van der Waals surface area contributed by atoms with E-state index >= 15 is 0 Å². The van der Waals surface area contributed by atoms with Crippen molar-refractivity contribution in [1.82, 2.24) is 10.2 Å². The van der Waals surface area contributed by atoms with Gasteiger partial charge in [0.1, 0.15) is 12.4 Å². The number of hydrogen-bond acceptors (Lipinski definition) is 3. The molecule has 1 aromatic carbocycles. The van der Waals surface area contributed by atoms with Gasteiger partial charge < -0.3 is 15.0 Å². The van der Waals surface area contributed by atoms with Gasteiger partial charge in [0.05, 0.1) is 13.1 Å². The molecule has 0 aliphatic carbocycles. The molecule has 4 nitrogen and oxygen atoms in total. The van der Waals surface area contributed by atoms with Crippen molar-refractivity contribution in [2.45, 2.75) is 13.3 Å². The first-order chi connectivity index (χ1) is 9.13. The van der Waals surface area contributed by atoms with Gasteiger partial charge in [-0.25, -0.2) is 0 Å². The second-order valence-corrected chi connectivity index (χ2v) is 5.21. The number of ether oxygens (including phenoxy) is 1. The van der Waals surface area contributed by atoms with Gasteiger partial charge >= 0.3 is 0 Å². The number of hydrogen-bond donors (Lipinski definition) is 1. The minimum absolute atomic E-state index is 0.0906. The van der Waals surface area contributed by atoms with E-state index in [0.29, 0.717) is 19.7 Å². The lowest BCUT2D eigenvalue weighted by atomic mass is 10.3. The largest absolute Gasteiger partial charge is 0.492 e. The lowest BCUT2D eigenvalue weighted by Gasteiger charge is -2.17. The Hall–Kier alpha value is -1.07. The Kier molecular flexibility index (Phi) is 7.52. The zero-order valence-electron chi connectivity index (χ0n) is 11.5. The molecule has 0 aliphatic rings. The van der Waals surface area contributed by atoms with Crippen LogP contribution < -0.4 is 10.1 Å². The molecular weight excluding hydrogens is 308 g/mol. The maximum atomic E-state index is 11.7. The van der Waals surface area contributed by atoms with E-state index in [4.69, 9.17) is 4.74 Å². The molecule has 0 aromatic heterocycles. The van der Waals surface area contributed by atoms with Crippen molar-refractivity contribution in [3.05, 3.63) is 28.7 Å². The van der Waals surface area contributed by atoms with Crippen molar-refractivity contribution in [2.75, 3.05) is 33.3 Å². The molecule has 1 rings (SSSR count). The SMILES string of the molecule is CCCNCC(=O)N(C)CCOc1ccc(Br)cc1. The normalized spacial score (nSPS) is 10.3. The van der Waals surface area contributed by atoms with Gasteiger partial charge in [-0.1, -0.05) is 22.9 Å². The highest BCUT2D eigenvalue weighted by Crippen LogP contribution is 2.15. The summed E-state index contributed by atoms with van der Waals surface area (Å²) in [6.45, 7) is 4.42. The van der Waals surface area contributed by atoms with Crippen LogP contribution >= 0.6 is 15.9 Å². The van der Waals surface area contributed by atoms with E-state index in [9.17, 15) is 4.79 Å². The molecule has 1 N–H and O–H groups in total. The number of benzene rings is 1. The molecule has 0 fully saturated rings. The van der Waals surface area contributed by atoms with Gasteiger partial charge in [-0.2, -0.15) is 0 Å². The average Bonchev–Trinajstić information content (AvgIpc) is 2.41. The Morgan fingerprint density at radius 3 is 2.68 bits per heavy atom. The monoisotopic (exact) mass is 328 g/mol. The second-order valence-electron chi connectivity index (χ2n) is 4.29. The third-order valence-electron chi connectivity index (χ3n) is 2.64. The Morgan fingerprint density at radius 2 is 2.05 bits per heavy atom. The van der Waals surface area contributed by atoms with Crippen LogP contribution in [0.5, 0.6) is 5.75 Å². The second kappa shape index (κ2) is 8.93. The molecule has 0 radical (unpaired) electrons. The van der Waals surface area contributed by atoms with Crippen LogP contribution in [-0.2, 0) is 4.79 Å². The molecule has 0 bridgehead atoms. The van der Waals surface area contributed by atoms with E-state index in [-0.39, 0.29) is 5.91 Å². The van der Waals surface area contributed by atoms with Crippen LogP contribution in [0.2, 0.25) is 0 Å². The molecule has 1 aromatic rings. The van der Waals surface area contributed by atoms with E-state index < -0.39 is 0 Å². The van der Waals surface area contributed by atoms with Gasteiger partial charge in [0.2, 0.25) is 5.91 Å². The van der Waals surface area contributed by atoms with Crippen LogP contribution in [0.15, 0.2) is 28.7 Å². The van der Waals surface area contributed by atoms with Gasteiger partial charge in [0.15, 0.2) is 0 Å². The van der Waals surface area contributed by atoms with Crippen molar-refractivity contribution in [3.8, 4) is 5.75 Å². The lowest BCUT2D eigenvalue weighted by molar-refractivity contribution is -0.129. The van der Waals surface area contributed by atoms with Crippen LogP contribution in [0.4, 0.5) is 0 Å². The van der Waals surface area contributed by atoms with Crippen LogP contribution in [0, 0.1) is 0 Å². The molecule has 0 saturated carbocycles. The van der Waals surface area contributed by atoms with Crippen molar-refractivity contribution in [2.24, 2.45) is 0 Å². The maximum Gasteiger partial charge on any atom is 0.236 e. The number of carbonyl (C=O) groups is 1. The molecular formula is C14H21BrN2O2. The minimum atomic E-state index is 0.0906. The molecule has 0 spiro atoms. The summed E-state index contributed by atoms with van der Waals surface area (Å²) in [6.07, 6.45) is 1.03. The highest BCUT2D eigenvalue weighted by molar-refractivity contribution is 9.10. The molecule has 5 heteroatoms. The molecule has 19 heavy (non-hydrogen) atoms. The molecule has 0 atom stereocenters. The summed E-state index contributed by atoms with van der Waals surface area (Å²) in [5, 5.41) is 3.09. The minimum Gasteiger partial charge on any atom is -0.492 e. The Bertz CT molecular complexity index is 382. The molecule has 0 saturated heterocycles. The van der Waals surface area contributed by atoms with Crippen LogP contribution in [0.1, 0.15) is 13.3 Å². The van der Waals surface area contributed by atoms with Crippen LogP contribution in [0.25, 0.3) is 0 Å². The smallest absolute Gasteiger partial charge is 0.236 e. The quantitative estimate of drug-likeness (QED) is 0.744. The van der Waals surface area contributed by atoms with E-state index in [1.54, 1.807) is 11.9 Å². The number of nitrogens with one attached hydrogen (secondary N) is 1. The predicted molar refractivity (Wildman–Crippen MR) is 80.4 cm³/mol. The fraction of sp³-hybridized carbons (Fsp3) is 0.500. The zero-order chi connectivity index (χ0) is 14.1. The highest BCUT2D eigenvalue weighted by Gasteiger charge is 2.07. The van der Waals surface area contributed by atoms with Crippen LogP contribution in [0.3, 0.4) is 0 Å². The summed E-state index contributed by atoms with van der Waals surface area (Å²) in [5.41, 5.74) is 0. The Balaban J connectivity index is 2.20. The Labute approximate surface area is 123 Å². The summed E-state index contributed by atoms with van der Waals surface area (Å²) in [7, 11) is 1.79. The van der Waals surface area contributed by atoms with Gasteiger partial charge in [-0.3, -0.25) is 4.79 Å². The van der Waals surface area contributed by atoms with Gasteiger partial charge in [0, 0.05) is 11.5 Å². The number of carbonyl (C=O) groups excluding carboxylic acids is 1. The fourth-order valence-corrected chi connectivity index (χ4v) is 1.73. The predicted octanol–water partition coefficient (Wildman–Crippen LogP) is 2.29. The first-order valence-corrected chi connectivity index (χ1v) is 7.26. The van der Waals surface area contributed by atoms with Crippen molar-refractivity contribution < 1.29 is 9.53 Å². The Morgan fingerprint density at radius 1 is 1.37 bits per heavy atom. The van der Waals surface area contributed by atoms with E-state index in [1.165, 1.54) is 0 Å². The molecule has 1 amide bonds. The zero-order valence-corrected chi connectivity index (χ0v) is 13.1. The fourth-order valence-electron chi connectivity index (χ4n) is 1.46. The number of likely N-dealkylation sites (N-methyl/N-ethyl adjacent to an activating group) is 1. The molecule has 0 unspecified atom stereocenters. The van der Waals surface area contributed by atoms with E-state index in [2.05, 4.69) is 28.2 Å². The number of halogens is 1. The third-order valence-corrected chi connectivity index (χ3v) is 3.17. The molecule has 0 aliphatic heterocycles. The van der Waals surface area contributed by atoms with E-state index in [0.717, 1.165) is 23.2 Å². The summed E-state index contributed by atoms with van der Waals surface area (Å²) in [6, 6.07) is 7.65. The first-order valence-electron chi connectivity index (χ1n) is 6.46. The number of amides is 1. The summed E-state index contributed by atoms with van der Waals surface area (Å²) in [5.74, 6) is 0.904. The van der Waals surface area contributed by atoms with Crippen molar-refractivity contribution in [1.29, 1.82) is 0 Å². The number of rotatable bonds is 8. The summed E-state index contributed by atoms with van der Waals surface area (Å²) in [4.78, 5) is 13.4. The van der Waals surface area contributed by atoms with Crippen molar-refractivity contribution >= 4 is 21.8 Å². The summed E-state index contributed by atoms with van der Waals surface area (Å²) >= 11 is 3.37. The third kappa shape index (κ3) is 6.59. The average molecular weight is 329 g/mol. The topological polar surface area (TPSA) is 41.6 Å². The van der Waals surface area contributed by atoms with E-state index in [1.807, 2.05) is 24.3 Å². The summed E-state index contributed by atoms with van der Waals surface area (Å²) < 4.78 is 6.59.